The molecule has 0 spiro atoms. The Hall–Kier alpha value is -0.840. The number of hydrogen-bond donors (Lipinski definition) is 0. The van der Waals surface area contributed by atoms with Crippen LogP contribution in [-0.4, -0.2) is 5.78 Å². The molecule has 4 bridgehead atoms. The molecule has 0 radical (unpaired) electrons. The van der Waals surface area contributed by atoms with Crippen molar-refractivity contribution in [1.82, 2.24) is 0 Å². The zero-order chi connectivity index (χ0) is 12.7. The maximum atomic E-state index is 12.0. The molecule has 1 unspecified atom stereocenters. The third-order valence-electron chi connectivity index (χ3n) is 5.85. The Morgan fingerprint density at radius 3 is 2.17 bits per heavy atom. The minimum atomic E-state index is 0.180. The Morgan fingerprint density at radius 2 is 1.72 bits per heavy atom. The molecule has 0 aromatic rings. The van der Waals surface area contributed by atoms with Gasteiger partial charge in [0.05, 0.1) is 6.07 Å². The van der Waals surface area contributed by atoms with Crippen LogP contribution >= 0.6 is 0 Å². The van der Waals surface area contributed by atoms with Gasteiger partial charge in [-0.2, -0.15) is 5.26 Å². The van der Waals surface area contributed by atoms with Gasteiger partial charge in [-0.25, -0.2) is 0 Å². The highest BCUT2D eigenvalue weighted by molar-refractivity contribution is 5.78. The van der Waals surface area contributed by atoms with E-state index in [9.17, 15) is 4.79 Å². The van der Waals surface area contributed by atoms with Gasteiger partial charge < -0.3 is 0 Å². The fourth-order valence-electron chi connectivity index (χ4n) is 5.51. The summed E-state index contributed by atoms with van der Waals surface area (Å²) >= 11 is 0. The molecule has 4 saturated carbocycles. The van der Waals surface area contributed by atoms with Gasteiger partial charge in [0.25, 0.3) is 0 Å². The van der Waals surface area contributed by atoms with E-state index in [-0.39, 0.29) is 5.92 Å². The number of hydrogen-bond acceptors (Lipinski definition) is 2. The van der Waals surface area contributed by atoms with Gasteiger partial charge in [0, 0.05) is 12.3 Å². The average molecular weight is 245 g/mol. The Balaban J connectivity index is 1.78. The Labute approximate surface area is 110 Å². The summed E-state index contributed by atoms with van der Waals surface area (Å²) in [5.41, 5.74) is 0. The number of carbonyl (C=O) groups excluding carboxylic acids is 1. The second-order valence-corrected chi connectivity index (χ2v) is 6.92. The third kappa shape index (κ3) is 1.98. The van der Waals surface area contributed by atoms with E-state index in [1.165, 1.54) is 32.1 Å². The van der Waals surface area contributed by atoms with Gasteiger partial charge >= 0.3 is 0 Å². The zero-order valence-corrected chi connectivity index (χ0v) is 11.3. The van der Waals surface area contributed by atoms with Crippen LogP contribution in [0.1, 0.15) is 51.9 Å². The van der Waals surface area contributed by atoms with Crippen molar-refractivity contribution < 1.29 is 4.79 Å². The Kier molecular flexibility index (Phi) is 3.18. The molecule has 0 N–H and O–H groups in total. The molecule has 2 heteroatoms. The first-order valence-electron chi connectivity index (χ1n) is 7.56. The van der Waals surface area contributed by atoms with Crippen LogP contribution in [0.4, 0.5) is 0 Å². The lowest BCUT2D eigenvalue weighted by Crippen LogP contribution is -2.48. The molecule has 0 saturated heterocycles. The minimum Gasteiger partial charge on any atom is -0.300 e. The topological polar surface area (TPSA) is 40.9 Å². The fraction of sp³-hybridized carbons (Fsp3) is 0.875. The van der Waals surface area contributed by atoms with E-state index >= 15 is 0 Å². The van der Waals surface area contributed by atoms with Crippen LogP contribution < -0.4 is 0 Å². The molecule has 1 atom stereocenters. The van der Waals surface area contributed by atoms with E-state index in [1.54, 1.807) is 6.92 Å². The van der Waals surface area contributed by atoms with Crippen molar-refractivity contribution >= 4 is 5.78 Å². The summed E-state index contributed by atoms with van der Waals surface area (Å²) in [5.74, 6) is 4.66. The minimum absolute atomic E-state index is 0.180. The monoisotopic (exact) mass is 245 g/mol. The van der Waals surface area contributed by atoms with E-state index in [0.717, 1.165) is 30.1 Å². The third-order valence-corrected chi connectivity index (χ3v) is 5.85. The van der Waals surface area contributed by atoms with Crippen LogP contribution in [0.2, 0.25) is 0 Å². The summed E-state index contributed by atoms with van der Waals surface area (Å²) < 4.78 is 0. The van der Waals surface area contributed by atoms with E-state index in [4.69, 9.17) is 5.26 Å². The molecule has 18 heavy (non-hydrogen) atoms. The van der Waals surface area contributed by atoms with Crippen LogP contribution in [0.25, 0.3) is 0 Å². The molecule has 4 fully saturated rings. The van der Waals surface area contributed by atoms with Crippen molar-refractivity contribution in [2.45, 2.75) is 51.9 Å². The van der Waals surface area contributed by atoms with Crippen LogP contribution in [0.3, 0.4) is 0 Å². The lowest BCUT2D eigenvalue weighted by molar-refractivity contribution is -0.130. The molecule has 0 aromatic carbocycles. The maximum absolute atomic E-state index is 12.0. The SMILES string of the molecule is CC(=O)C(CCC#N)C1C2CC3CC(C2)CC1C3. The molecule has 0 aromatic heterocycles. The van der Waals surface area contributed by atoms with Crippen LogP contribution in [0.5, 0.6) is 0 Å². The first-order valence-corrected chi connectivity index (χ1v) is 7.56. The average Bonchev–Trinajstić information content (AvgIpc) is 2.31. The standard InChI is InChI=1S/C16H23NO/c1-10(18)15(3-2-4-17)16-13-6-11-5-12(8-13)9-14(16)7-11/h11-16H,2-3,5-9H2,1H3. The maximum Gasteiger partial charge on any atom is 0.133 e. The van der Waals surface area contributed by atoms with Crippen molar-refractivity contribution in [3.63, 3.8) is 0 Å². The number of nitriles is 1. The summed E-state index contributed by atoms with van der Waals surface area (Å²) in [7, 11) is 0. The summed E-state index contributed by atoms with van der Waals surface area (Å²) in [5, 5.41) is 8.79. The molecule has 2 nitrogen and oxygen atoms in total. The van der Waals surface area contributed by atoms with E-state index in [1.807, 2.05) is 0 Å². The molecule has 4 aliphatic carbocycles. The zero-order valence-electron chi connectivity index (χ0n) is 11.3. The van der Waals surface area contributed by atoms with Gasteiger partial charge in [-0.05, 0) is 75.0 Å². The highest BCUT2D eigenvalue weighted by Gasteiger charge is 2.50. The van der Waals surface area contributed by atoms with Crippen molar-refractivity contribution in [2.24, 2.45) is 35.5 Å². The number of nitrogens with zero attached hydrogens (tertiary/aromatic N) is 1. The van der Waals surface area contributed by atoms with Gasteiger partial charge in [-0.3, -0.25) is 4.79 Å². The second kappa shape index (κ2) is 4.68. The van der Waals surface area contributed by atoms with Gasteiger partial charge in [0.1, 0.15) is 5.78 Å². The number of ketones is 1. The van der Waals surface area contributed by atoms with Crippen LogP contribution in [0, 0.1) is 46.8 Å². The smallest absolute Gasteiger partial charge is 0.133 e. The molecule has 0 heterocycles. The second-order valence-electron chi connectivity index (χ2n) is 6.92. The van der Waals surface area contributed by atoms with Crippen LogP contribution in [0.15, 0.2) is 0 Å². The van der Waals surface area contributed by atoms with Gasteiger partial charge in [-0.1, -0.05) is 0 Å². The van der Waals surface area contributed by atoms with Crippen LogP contribution in [-0.2, 0) is 4.79 Å². The molecule has 4 rings (SSSR count). The predicted octanol–water partition coefficient (Wildman–Crippen LogP) is 3.57. The quantitative estimate of drug-likeness (QED) is 0.759. The highest BCUT2D eigenvalue weighted by Crippen LogP contribution is 2.58. The van der Waals surface area contributed by atoms with E-state index < -0.39 is 0 Å². The molecule has 0 amide bonds. The van der Waals surface area contributed by atoms with Crippen molar-refractivity contribution in [2.75, 3.05) is 0 Å². The van der Waals surface area contributed by atoms with E-state index in [0.29, 0.717) is 18.1 Å². The summed E-state index contributed by atoms with van der Waals surface area (Å²) in [4.78, 5) is 12.0. The van der Waals surface area contributed by atoms with Crippen molar-refractivity contribution in [1.29, 1.82) is 5.26 Å². The number of carbonyl (C=O) groups is 1. The number of Topliss-reactive ketones (excluding diaryl/α,β-unsaturated/α-hetero) is 1. The molecule has 4 aliphatic rings. The molecule has 0 aliphatic heterocycles. The fourth-order valence-corrected chi connectivity index (χ4v) is 5.51. The van der Waals surface area contributed by atoms with E-state index in [2.05, 4.69) is 6.07 Å². The highest BCUT2D eigenvalue weighted by atomic mass is 16.1. The molecular weight excluding hydrogens is 222 g/mol. The van der Waals surface area contributed by atoms with Gasteiger partial charge in [-0.15, -0.1) is 0 Å². The Bertz CT molecular complexity index is 353. The summed E-state index contributed by atoms with van der Waals surface area (Å²) in [6.07, 6.45) is 8.29. The van der Waals surface area contributed by atoms with Crippen molar-refractivity contribution in [3.05, 3.63) is 0 Å². The first-order chi connectivity index (χ1) is 8.69. The lowest BCUT2D eigenvalue weighted by atomic mass is 9.49. The van der Waals surface area contributed by atoms with Crippen molar-refractivity contribution in [3.8, 4) is 6.07 Å². The number of rotatable bonds is 4. The van der Waals surface area contributed by atoms with Gasteiger partial charge in [0.15, 0.2) is 0 Å². The molecule has 98 valence electrons. The first kappa shape index (κ1) is 12.2. The lowest BCUT2D eigenvalue weighted by Gasteiger charge is -2.56. The summed E-state index contributed by atoms with van der Waals surface area (Å²) in [6.45, 7) is 1.74. The van der Waals surface area contributed by atoms with Gasteiger partial charge in [0.2, 0.25) is 0 Å². The summed E-state index contributed by atoms with van der Waals surface area (Å²) in [6, 6.07) is 2.22. The Morgan fingerprint density at radius 1 is 1.17 bits per heavy atom. The normalized spacial score (nSPS) is 42.6. The molecular formula is C16H23NO. The largest absolute Gasteiger partial charge is 0.300 e. The predicted molar refractivity (Wildman–Crippen MR) is 69.6 cm³/mol.